The Morgan fingerprint density at radius 2 is 2.33 bits per heavy atom. The fraction of sp³-hybridized carbons (Fsp3) is 0.889. The SMILES string of the molecule is CNCC(=O)NCC1CN(C)CCO1.Cl. The molecule has 1 heterocycles. The molecule has 1 aliphatic heterocycles. The maximum Gasteiger partial charge on any atom is 0.234 e. The number of hydrogen-bond donors (Lipinski definition) is 2. The van der Waals surface area contributed by atoms with Crippen molar-refractivity contribution in [2.75, 3.05) is 46.9 Å². The van der Waals surface area contributed by atoms with Crippen LogP contribution < -0.4 is 10.6 Å². The van der Waals surface area contributed by atoms with Crippen molar-refractivity contribution in [3.05, 3.63) is 0 Å². The molecule has 0 spiro atoms. The molecular weight excluding hydrogens is 218 g/mol. The number of morpholine rings is 1. The average Bonchev–Trinajstić information content (AvgIpc) is 2.15. The van der Waals surface area contributed by atoms with Crippen LogP contribution in [0.3, 0.4) is 0 Å². The summed E-state index contributed by atoms with van der Waals surface area (Å²) in [6.45, 7) is 3.58. The number of nitrogens with zero attached hydrogens (tertiary/aromatic N) is 1. The van der Waals surface area contributed by atoms with Gasteiger partial charge in [0.1, 0.15) is 0 Å². The van der Waals surface area contributed by atoms with Gasteiger partial charge in [-0.1, -0.05) is 0 Å². The van der Waals surface area contributed by atoms with E-state index in [0.29, 0.717) is 13.1 Å². The van der Waals surface area contributed by atoms with Crippen molar-refractivity contribution in [3.63, 3.8) is 0 Å². The minimum absolute atomic E-state index is 0. The van der Waals surface area contributed by atoms with Crippen LogP contribution in [0.1, 0.15) is 0 Å². The zero-order valence-electron chi connectivity index (χ0n) is 9.28. The van der Waals surface area contributed by atoms with Crippen LogP contribution in [0.2, 0.25) is 0 Å². The van der Waals surface area contributed by atoms with Crippen molar-refractivity contribution in [1.82, 2.24) is 15.5 Å². The first-order valence-electron chi connectivity index (χ1n) is 4.94. The molecule has 0 bridgehead atoms. The van der Waals surface area contributed by atoms with E-state index < -0.39 is 0 Å². The van der Waals surface area contributed by atoms with E-state index in [4.69, 9.17) is 4.74 Å². The number of halogens is 1. The summed E-state index contributed by atoms with van der Waals surface area (Å²) in [6, 6.07) is 0. The monoisotopic (exact) mass is 237 g/mol. The molecule has 2 N–H and O–H groups in total. The number of amides is 1. The summed E-state index contributed by atoms with van der Waals surface area (Å²) in [5, 5.41) is 5.62. The van der Waals surface area contributed by atoms with Gasteiger partial charge in [0.15, 0.2) is 0 Å². The summed E-state index contributed by atoms with van der Waals surface area (Å²) in [7, 11) is 3.81. The molecular formula is C9H20ClN3O2. The summed E-state index contributed by atoms with van der Waals surface area (Å²) in [5.74, 6) is 0.0179. The van der Waals surface area contributed by atoms with E-state index in [1.165, 1.54) is 0 Å². The molecule has 0 aliphatic carbocycles. The number of rotatable bonds is 4. The normalized spacial score (nSPS) is 21.9. The third-order valence-corrected chi connectivity index (χ3v) is 2.21. The molecule has 1 rings (SSSR count). The number of ether oxygens (including phenoxy) is 1. The maximum atomic E-state index is 11.1. The van der Waals surface area contributed by atoms with Crippen molar-refractivity contribution >= 4 is 18.3 Å². The molecule has 15 heavy (non-hydrogen) atoms. The van der Waals surface area contributed by atoms with E-state index in [2.05, 4.69) is 22.6 Å². The highest BCUT2D eigenvalue weighted by molar-refractivity contribution is 5.85. The molecule has 1 fully saturated rings. The Bertz CT molecular complexity index is 192. The Hall–Kier alpha value is -0.360. The molecule has 0 saturated carbocycles. The highest BCUT2D eigenvalue weighted by atomic mass is 35.5. The van der Waals surface area contributed by atoms with Crippen LogP contribution in [-0.2, 0) is 9.53 Å². The van der Waals surface area contributed by atoms with Gasteiger partial charge in [0.2, 0.25) is 5.91 Å². The van der Waals surface area contributed by atoms with E-state index in [0.717, 1.165) is 19.7 Å². The molecule has 6 heteroatoms. The first-order valence-corrected chi connectivity index (χ1v) is 4.94. The van der Waals surface area contributed by atoms with Crippen molar-refractivity contribution in [2.45, 2.75) is 6.10 Å². The largest absolute Gasteiger partial charge is 0.374 e. The quantitative estimate of drug-likeness (QED) is 0.664. The minimum atomic E-state index is 0. The number of likely N-dealkylation sites (N-methyl/N-ethyl adjacent to an activating group) is 2. The van der Waals surface area contributed by atoms with Gasteiger partial charge in [-0.25, -0.2) is 0 Å². The van der Waals surface area contributed by atoms with Crippen LogP contribution in [0, 0.1) is 0 Å². The Morgan fingerprint density at radius 3 is 2.93 bits per heavy atom. The smallest absolute Gasteiger partial charge is 0.234 e. The van der Waals surface area contributed by atoms with Crippen molar-refractivity contribution in [3.8, 4) is 0 Å². The van der Waals surface area contributed by atoms with Crippen LogP contribution in [0.5, 0.6) is 0 Å². The van der Waals surface area contributed by atoms with Gasteiger partial charge in [-0.15, -0.1) is 12.4 Å². The predicted molar refractivity (Wildman–Crippen MR) is 61.4 cm³/mol. The third kappa shape index (κ3) is 5.94. The highest BCUT2D eigenvalue weighted by Gasteiger charge is 2.17. The molecule has 1 aliphatic rings. The second-order valence-corrected chi connectivity index (χ2v) is 3.59. The molecule has 0 radical (unpaired) electrons. The van der Waals surface area contributed by atoms with Crippen LogP contribution in [0.25, 0.3) is 0 Å². The van der Waals surface area contributed by atoms with Gasteiger partial charge in [0, 0.05) is 19.6 Å². The van der Waals surface area contributed by atoms with Crippen molar-refractivity contribution in [2.24, 2.45) is 0 Å². The van der Waals surface area contributed by atoms with Gasteiger partial charge < -0.3 is 20.3 Å². The van der Waals surface area contributed by atoms with Gasteiger partial charge >= 0.3 is 0 Å². The maximum absolute atomic E-state index is 11.1. The van der Waals surface area contributed by atoms with Crippen LogP contribution in [0.4, 0.5) is 0 Å². The van der Waals surface area contributed by atoms with Gasteiger partial charge in [0.05, 0.1) is 19.3 Å². The first kappa shape index (κ1) is 14.6. The summed E-state index contributed by atoms with van der Waals surface area (Å²) in [4.78, 5) is 13.3. The Balaban J connectivity index is 0.00000196. The van der Waals surface area contributed by atoms with E-state index in [1.54, 1.807) is 7.05 Å². The highest BCUT2D eigenvalue weighted by Crippen LogP contribution is 2.01. The fourth-order valence-electron chi connectivity index (χ4n) is 1.44. The summed E-state index contributed by atoms with van der Waals surface area (Å²) < 4.78 is 5.50. The Kier molecular flexibility index (Phi) is 7.68. The number of hydrogen-bond acceptors (Lipinski definition) is 4. The molecule has 1 saturated heterocycles. The zero-order chi connectivity index (χ0) is 10.4. The third-order valence-electron chi connectivity index (χ3n) is 2.21. The minimum Gasteiger partial charge on any atom is -0.374 e. The molecule has 1 unspecified atom stereocenters. The van der Waals surface area contributed by atoms with Crippen LogP contribution in [-0.4, -0.2) is 63.8 Å². The second kappa shape index (κ2) is 7.87. The lowest BCUT2D eigenvalue weighted by Gasteiger charge is -2.30. The summed E-state index contributed by atoms with van der Waals surface area (Å²) in [5.41, 5.74) is 0. The van der Waals surface area contributed by atoms with E-state index in [-0.39, 0.29) is 24.4 Å². The van der Waals surface area contributed by atoms with Gasteiger partial charge in [-0.3, -0.25) is 4.79 Å². The average molecular weight is 238 g/mol. The lowest BCUT2D eigenvalue weighted by molar-refractivity contribution is -0.121. The number of carbonyl (C=O) groups excluding carboxylic acids is 1. The Morgan fingerprint density at radius 1 is 1.60 bits per heavy atom. The second-order valence-electron chi connectivity index (χ2n) is 3.59. The fourth-order valence-corrected chi connectivity index (χ4v) is 1.44. The predicted octanol–water partition coefficient (Wildman–Crippen LogP) is -0.926. The van der Waals surface area contributed by atoms with Crippen LogP contribution >= 0.6 is 12.4 Å². The molecule has 1 amide bonds. The first-order chi connectivity index (χ1) is 6.72. The molecule has 0 aromatic heterocycles. The zero-order valence-corrected chi connectivity index (χ0v) is 10.1. The van der Waals surface area contributed by atoms with E-state index in [1.807, 2.05) is 0 Å². The van der Waals surface area contributed by atoms with Gasteiger partial charge in [-0.2, -0.15) is 0 Å². The Labute approximate surface area is 96.9 Å². The van der Waals surface area contributed by atoms with Gasteiger partial charge in [-0.05, 0) is 14.1 Å². The molecule has 1 atom stereocenters. The lowest BCUT2D eigenvalue weighted by Crippen LogP contribution is -2.47. The number of nitrogens with one attached hydrogen (secondary N) is 2. The standard InChI is InChI=1S/C9H19N3O2.ClH/c1-10-6-9(13)11-5-8-7-12(2)3-4-14-8;/h8,10H,3-7H2,1-2H3,(H,11,13);1H. The molecule has 90 valence electrons. The van der Waals surface area contributed by atoms with Crippen molar-refractivity contribution < 1.29 is 9.53 Å². The van der Waals surface area contributed by atoms with Crippen LogP contribution in [0.15, 0.2) is 0 Å². The van der Waals surface area contributed by atoms with Gasteiger partial charge in [0.25, 0.3) is 0 Å². The van der Waals surface area contributed by atoms with E-state index >= 15 is 0 Å². The topological polar surface area (TPSA) is 53.6 Å². The summed E-state index contributed by atoms with van der Waals surface area (Å²) in [6.07, 6.45) is 0.134. The molecule has 0 aromatic carbocycles. The van der Waals surface area contributed by atoms with Crippen molar-refractivity contribution in [1.29, 1.82) is 0 Å². The lowest BCUT2D eigenvalue weighted by atomic mass is 10.3. The number of carbonyl (C=O) groups is 1. The van der Waals surface area contributed by atoms with E-state index in [9.17, 15) is 4.79 Å². The molecule has 0 aromatic rings. The molecule has 5 nitrogen and oxygen atoms in total. The summed E-state index contributed by atoms with van der Waals surface area (Å²) >= 11 is 0.